The normalized spacial score (nSPS) is 10.7. The first-order chi connectivity index (χ1) is 16.8. The molecule has 0 fully saturated rings. The van der Waals surface area contributed by atoms with E-state index in [1.807, 2.05) is 38.1 Å². The number of anilines is 1. The second-order valence-corrected chi connectivity index (χ2v) is 8.71. The molecular formula is C26H26IN3O5. The summed E-state index contributed by atoms with van der Waals surface area (Å²) in [5.74, 6) is 0.831. The number of hydrogen-bond donors (Lipinski definition) is 2. The molecule has 3 rings (SSSR count). The minimum absolute atomic E-state index is 0.177. The lowest BCUT2D eigenvalue weighted by Crippen LogP contribution is -2.21. The van der Waals surface area contributed by atoms with Crippen molar-refractivity contribution in [2.24, 2.45) is 5.10 Å². The van der Waals surface area contributed by atoms with Crippen molar-refractivity contribution in [3.63, 3.8) is 0 Å². The minimum atomic E-state index is -0.364. The van der Waals surface area contributed by atoms with Gasteiger partial charge in [-0.1, -0.05) is 18.2 Å². The van der Waals surface area contributed by atoms with Crippen molar-refractivity contribution in [3.05, 3.63) is 80.4 Å². The predicted molar refractivity (Wildman–Crippen MR) is 144 cm³/mol. The number of amides is 2. The van der Waals surface area contributed by atoms with Gasteiger partial charge < -0.3 is 19.5 Å². The van der Waals surface area contributed by atoms with Crippen LogP contribution in [-0.2, 0) is 4.79 Å². The van der Waals surface area contributed by atoms with Gasteiger partial charge in [-0.3, -0.25) is 9.59 Å². The summed E-state index contributed by atoms with van der Waals surface area (Å²) in [5, 5.41) is 6.90. The van der Waals surface area contributed by atoms with Crippen LogP contribution in [0.25, 0.3) is 0 Å². The molecule has 2 N–H and O–H groups in total. The summed E-state index contributed by atoms with van der Waals surface area (Å²) < 4.78 is 17.1. The maximum absolute atomic E-state index is 12.4. The molecule has 9 heteroatoms. The Morgan fingerprint density at radius 1 is 1.03 bits per heavy atom. The Morgan fingerprint density at radius 3 is 2.54 bits per heavy atom. The molecule has 0 heterocycles. The van der Waals surface area contributed by atoms with E-state index < -0.39 is 0 Å². The van der Waals surface area contributed by atoms with Crippen LogP contribution < -0.4 is 25.0 Å². The summed E-state index contributed by atoms with van der Waals surface area (Å²) in [7, 11) is 3.05. The molecule has 0 saturated carbocycles. The number of benzene rings is 3. The third-order valence-corrected chi connectivity index (χ3v) is 5.99. The number of hydrazone groups is 1. The second-order valence-electron chi connectivity index (χ2n) is 7.55. The maximum Gasteiger partial charge on any atom is 0.271 e. The van der Waals surface area contributed by atoms with E-state index in [1.165, 1.54) is 20.4 Å². The van der Waals surface area contributed by atoms with Gasteiger partial charge in [0.15, 0.2) is 18.1 Å². The Morgan fingerprint density at radius 2 is 1.80 bits per heavy atom. The quantitative estimate of drug-likeness (QED) is 0.215. The molecule has 0 saturated heterocycles. The number of carbonyl (C=O) groups is 2. The van der Waals surface area contributed by atoms with Gasteiger partial charge in [-0.15, -0.1) is 0 Å². The monoisotopic (exact) mass is 587 g/mol. The Kier molecular flexibility index (Phi) is 9.07. The van der Waals surface area contributed by atoms with E-state index >= 15 is 0 Å². The number of rotatable bonds is 9. The van der Waals surface area contributed by atoms with Crippen LogP contribution in [0.15, 0.2) is 59.7 Å². The van der Waals surface area contributed by atoms with Crippen molar-refractivity contribution in [2.45, 2.75) is 13.8 Å². The molecule has 182 valence electrons. The molecular weight excluding hydrogens is 561 g/mol. The van der Waals surface area contributed by atoms with Crippen LogP contribution >= 0.6 is 22.6 Å². The molecule has 0 bridgehead atoms. The first kappa shape index (κ1) is 26.0. The summed E-state index contributed by atoms with van der Waals surface area (Å²) in [5.41, 5.74) is 6.46. The van der Waals surface area contributed by atoms with Crippen LogP contribution in [0.3, 0.4) is 0 Å². The number of nitrogens with zero attached hydrogens (tertiary/aromatic N) is 1. The van der Waals surface area contributed by atoms with Crippen molar-refractivity contribution in [2.75, 3.05) is 26.1 Å². The Labute approximate surface area is 217 Å². The Balaban J connectivity index is 1.64. The summed E-state index contributed by atoms with van der Waals surface area (Å²) in [4.78, 5) is 24.7. The van der Waals surface area contributed by atoms with E-state index in [2.05, 4.69) is 38.4 Å². The molecule has 0 aliphatic carbocycles. The average molecular weight is 587 g/mol. The number of ether oxygens (including phenoxy) is 3. The molecule has 3 aromatic carbocycles. The average Bonchev–Trinajstić information content (AvgIpc) is 2.85. The lowest BCUT2D eigenvalue weighted by Gasteiger charge is -2.14. The topological polar surface area (TPSA) is 98.3 Å². The van der Waals surface area contributed by atoms with Gasteiger partial charge in [-0.25, -0.2) is 5.43 Å². The molecule has 8 nitrogen and oxygen atoms in total. The van der Waals surface area contributed by atoms with Crippen LogP contribution in [-0.4, -0.2) is 38.9 Å². The standard InChI is InChI=1S/C26H26IN3O5/c1-16-7-5-10-22(17(16)2)29-24(31)15-35-25-21(27)11-18(12-23(25)34-4)14-28-30-26(32)19-8-6-9-20(13-19)33-3/h5-14H,15H2,1-4H3,(H,29,31)(H,30,32)/b28-14+. The lowest BCUT2D eigenvalue weighted by molar-refractivity contribution is -0.118. The fourth-order valence-corrected chi connectivity index (χ4v) is 3.94. The van der Waals surface area contributed by atoms with Gasteiger partial charge in [0.05, 0.1) is 24.0 Å². The Hall–Kier alpha value is -3.60. The highest BCUT2D eigenvalue weighted by molar-refractivity contribution is 14.1. The SMILES string of the molecule is COc1cccc(C(=O)N/N=C/c2cc(I)c(OCC(=O)Nc3cccc(C)c3C)c(OC)c2)c1. The van der Waals surface area contributed by atoms with Crippen molar-refractivity contribution < 1.29 is 23.8 Å². The van der Waals surface area contributed by atoms with E-state index in [4.69, 9.17) is 14.2 Å². The number of methoxy groups -OCH3 is 2. The molecule has 0 radical (unpaired) electrons. The van der Waals surface area contributed by atoms with Gasteiger partial charge in [0.1, 0.15) is 5.75 Å². The zero-order valence-electron chi connectivity index (χ0n) is 19.8. The van der Waals surface area contributed by atoms with Crippen molar-refractivity contribution in [3.8, 4) is 17.2 Å². The summed E-state index contributed by atoms with van der Waals surface area (Å²) in [6, 6.07) is 16.0. The van der Waals surface area contributed by atoms with Crippen LogP contribution in [0, 0.1) is 17.4 Å². The maximum atomic E-state index is 12.4. The van der Waals surface area contributed by atoms with Gasteiger partial charge in [0.25, 0.3) is 11.8 Å². The second kappa shape index (κ2) is 12.2. The summed E-state index contributed by atoms with van der Waals surface area (Å²) >= 11 is 2.10. The molecule has 0 spiro atoms. The minimum Gasteiger partial charge on any atom is -0.497 e. The summed E-state index contributed by atoms with van der Waals surface area (Å²) in [6.07, 6.45) is 1.50. The Bertz CT molecular complexity index is 1260. The van der Waals surface area contributed by atoms with E-state index in [9.17, 15) is 9.59 Å². The van der Waals surface area contributed by atoms with Gasteiger partial charge in [-0.2, -0.15) is 5.10 Å². The van der Waals surface area contributed by atoms with Crippen LogP contribution in [0.2, 0.25) is 0 Å². The first-order valence-corrected chi connectivity index (χ1v) is 11.7. The van der Waals surface area contributed by atoms with Gasteiger partial charge in [0.2, 0.25) is 0 Å². The fraction of sp³-hybridized carbons (Fsp3) is 0.192. The van der Waals surface area contributed by atoms with Crippen molar-refractivity contribution >= 4 is 46.3 Å². The van der Waals surface area contributed by atoms with Crippen LogP contribution in [0.4, 0.5) is 5.69 Å². The van der Waals surface area contributed by atoms with E-state index in [-0.39, 0.29) is 18.4 Å². The van der Waals surface area contributed by atoms with Crippen molar-refractivity contribution in [1.82, 2.24) is 5.43 Å². The number of aryl methyl sites for hydroxylation is 1. The predicted octanol–water partition coefficient (Wildman–Crippen LogP) is 4.71. The zero-order valence-corrected chi connectivity index (χ0v) is 22.0. The molecule has 0 aliphatic heterocycles. The molecule has 0 atom stereocenters. The van der Waals surface area contributed by atoms with E-state index in [0.717, 1.165) is 20.4 Å². The smallest absolute Gasteiger partial charge is 0.271 e. The largest absolute Gasteiger partial charge is 0.497 e. The van der Waals surface area contributed by atoms with E-state index in [0.29, 0.717) is 28.4 Å². The van der Waals surface area contributed by atoms with Crippen LogP contribution in [0.5, 0.6) is 17.2 Å². The molecule has 0 aromatic heterocycles. The molecule has 35 heavy (non-hydrogen) atoms. The lowest BCUT2D eigenvalue weighted by atomic mass is 10.1. The number of halogens is 1. The van der Waals surface area contributed by atoms with Crippen molar-refractivity contribution in [1.29, 1.82) is 0 Å². The number of hydrogen-bond acceptors (Lipinski definition) is 6. The zero-order chi connectivity index (χ0) is 25.4. The van der Waals surface area contributed by atoms with Gasteiger partial charge in [0, 0.05) is 11.3 Å². The molecule has 3 aromatic rings. The number of carbonyl (C=O) groups excluding carboxylic acids is 2. The summed E-state index contributed by atoms with van der Waals surface area (Å²) in [6.45, 7) is 3.77. The third-order valence-electron chi connectivity index (χ3n) is 5.19. The number of nitrogens with one attached hydrogen (secondary N) is 2. The van der Waals surface area contributed by atoms with Gasteiger partial charge >= 0.3 is 0 Å². The third kappa shape index (κ3) is 6.95. The molecule has 0 unspecified atom stereocenters. The van der Waals surface area contributed by atoms with Gasteiger partial charge in [-0.05, 0) is 89.5 Å². The highest BCUT2D eigenvalue weighted by Gasteiger charge is 2.14. The fourth-order valence-electron chi connectivity index (χ4n) is 3.16. The van der Waals surface area contributed by atoms with E-state index in [1.54, 1.807) is 30.3 Å². The molecule has 0 aliphatic rings. The first-order valence-electron chi connectivity index (χ1n) is 10.7. The highest BCUT2D eigenvalue weighted by atomic mass is 127. The van der Waals surface area contributed by atoms with Crippen LogP contribution in [0.1, 0.15) is 27.0 Å². The highest BCUT2D eigenvalue weighted by Crippen LogP contribution is 2.33. The molecule has 2 amide bonds.